The quantitative estimate of drug-likeness (QED) is 0.683. The lowest BCUT2D eigenvalue weighted by atomic mass is 10.0. The monoisotopic (exact) mass is 375 g/mol. The summed E-state index contributed by atoms with van der Waals surface area (Å²) < 4.78 is 38.6. The van der Waals surface area contributed by atoms with Crippen LogP contribution in [0.2, 0.25) is 0 Å². The van der Waals surface area contributed by atoms with Gasteiger partial charge in [0.2, 0.25) is 11.6 Å². The normalized spacial score (nSPS) is 13.0. The molecular formula is C13H16F3N7O3. The third kappa shape index (κ3) is 4.34. The van der Waals surface area contributed by atoms with E-state index < -0.39 is 41.7 Å². The molecule has 0 saturated carbocycles. The van der Waals surface area contributed by atoms with Gasteiger partial charge in [-0.1, -0.05) is 13.8 Å². The van der Waals surface area contributed by atoms with E-state index in [1.165, 1.54) is 6.92 Å². The topological polar surface area (TPSA) is 139 Å². The molecule has 0 aliphatic carbocycles. The van der Waals surface area contributed by atoms with Crippen LogP contribution in [0.4, 0.5) is 13.2 Å². The number of nitrogens with one attached hydrogen (secondary N) is 2. The molecule has 2 aromatic rings. The Hall–Kier alpha value is -2.99. The molecule has 13 heteroatoms. The number of aromatic nitrogens is 6. The van der Waals surface area contributed by atoms with Gasteiger partial charge in [0.1, 0.15) is 11.9 Å². The van der Waals surface area contributed by atoms with Crippen molar-refractivity contribution in [3.63, 3.8) is 0 Å². The van der Waals surface area contributed by atoms with Crippen molar-refractivity contribution in [2.75, 3.05) is 0 Å². The Kier molecular flexibility index (Phi) is 5.28. The van der Waals surface area contributed by atoms with E-state index in [4.69, 9.17) is 5.11 Å². The summed E-state index contributed by atoms with van der Waals surface area (Å²) in [5.41, 5.74) is 0. The van der Waals surface area contributed by atoms with Crippen molar-refractivity contribution in [3.05, 3.63) is 17.5 Å². The maximum Gasteiger partial charge on any atom is 0.451 e. The molecule has 0 aliphatic heterocycles. The molecule has 2 aromatic heterocycles. The molecule has 0 aliphatic rings. The average molecular weight is 375 g/mol. The number of hydrogen-bond acceptors (Lipinski definition) is 6. The molecule has 0 aromatic carbocycles. The molecule has 0 saturated heterocycles. The first-order valence-corrected chi connectivity index (χ1v) is 7.46. The van der Waals surface area contributed by atoms with Gasteiger partial charge in [0, 0.05) is 0 Å². The van der Waals surface area contributed by atoms with Gasteiger partial charge in [-0.05, 0) is 19.3 Å². The molecule has 0 unspecified atom stereocenters. The number of carboxylic acid groups (broad SMARTS) is 1. The van der Waals surface area contributed by atoms with Crippen LogP contribution in [0, 0.1) is 12.8 Å². The van der Waals surface area contributed by atoms with Crippen molar-refractivity contribution < 1.29 is 27.9 Å². The lowest BCUT2D eigenvalue weighted by Crippen LogP contribution is -2.42. The Morgan fingerprint density at radius 3 is 2.46 bits per heavy atom. The lowest BCUT2D eigenvalue weighted by molar-refractivity contribution is -0.144. The van der Waals surface area contributed by atoms with Gasteiger partial charge in [-0.25, -0.2) is 9.78 Å². The van der Waals surface area contributed by atoms with Crippen LogP contribution in [0.1, 0.15) is 42.5 Å². The van der Waals surface area contributed by atoms with Crippen molar-refractivity contribution >= 4 is 11.9 Å². The third-order valence-electron chi connectivity index (χ3n) is 3.21. The minimum Gasteiger partial charge on any atom is -0.480 e. The third-order valence-corrected chi connectivity index (χ3v) is 3.21. The van der Waals surface area contributed by atoms with Gasteiger partial charge in [-0.2, -0.15) is 22.8 Å². The number of hydrogen-bond donors (Lipinski definition) is 3. The number of carbonyl (C=O) groups excluding carboxylic acids is 1. The van der Waals surface area contributed by atoms with E-state index in [2.05, 4.69) is 25.5 Å². The van der Waals surface area contributed by atoms with Gasteiger partial charge in [0.25, 0.3) is 11.9 Å². The molecule has 1 atom stereocenters. The van der Waals surface area contributed by atoms with E-state index >= 15 is 0 Å². The summed E-state index contributed by atoms with van der Waals surface area (Å²) in [6, 6.07) is -1.14. The van der Waals surface area contributed by atoms with Gasteiger partial charge in [-0.3, -0.25) is 9.89 Å². The molecular weight excluding hydrogens is 359 g/mol. The summed E-state index contributed by atoms with van der Waals surface area (Å²) in [6.45, 7) is 4.97. The summed E-state index contributed by atoms with van der Waals surface area (Å²) in [6.07, 6.45) is -4.53. The molecule has 0 spiro atoms. The van der Waals surface area contributed by atoms with Crippen LogP contribution >= 0.6 is 0 Å². The minimum absolute atomic E-state index is 0.0118. The van der Waals surface area contributed by atoms with Gasteiger partial charge in [-0.15, -0.1) is 10.2 Å². The standard InChI is InChI=1S/C13H16F3N7O3/c1-5(2)4-7(10(25)26)18-9(24)8-17-6(3)23(22-8)12-19-11(20-21-12)13(14,15)16/h5,7H,4H2,1-3H3,(H,18,24)(H,25,26)(H,19,20,21)/t7-/m0/s1. The van der Waals surface area contributed by atoms with E-state index in [0.29, 0.717) is 0 Å². The SMILES string of the molecule is Cc1nc(C(=O)N[C@@H](CC(C)C)C(=O)O)nn1-c1n[nH]c(C(F)(F)F)n1. The molecule has 142 valence electrons. The number of aryl methyl sites for hydroxylation is 1. The Labute approximate surface area is 144 Å². The zero-order valence-corrected chi connectivity index (χ0v) is 14.0. The van der Waals surface area contributed by atoms with Gasteiger partial charge >= 0.3 is 12.1 Å². The lowest BCUT2D eigenvalue weighted by Gasteiger charge is -2.15. The first-order valence-electron chi connectivity index (χ1n) is 7.46. The highest BCUT2D eigenvalue weighted by Gasteiger charge is 2.36. The van der Waals surface area contributed by atoms with Crippen LogP contribution in [-0.2, 0) is 11.0 Å². The fourth-order valence-corrected chi connectivity index (χ4v) is 2.07. The van der Waals surface area contributed by atoms with E-state index in [1.807, 2.05) is 0 Å². The van der Waals surface area contributed by atoms with Crippen molar-refractivity contribution in [2.45, 2.75) is 39.4 Å². The number of carbonyl (C=O) groups is 2. The van der Waals surface area contributed by atoms with Crippen LogP contribution in [0.15, 0.2) is 0 Å². The predicted octanol–water partition coefficient (Wildman–Crippen LogP) is 0.942. The van der Waals surface area contributed by atoms with Gasteiger partial charge in [0.05, 0.1) is 0 Å². The second kappa shape index (κ2) is 7.09. The molecule has 26 heavy (non-hydrogen) atoms. The summed E-state index contributed by atoms with van der Waals surface area (Å²) in [5, 5.41) is 20.3. The Balaban J connectivity index is 2.22. The van der Waals surface area contributed by atoms with E-state index in [9.17, 15) is 22.8 Å². The molecule has 1 amide bonds. The van der Waals surface area contributed by atoms with Crippen molar-refractivity contribution in [3.8, 4) is 5.95 Å². The molecule has 2 heterocycles. The fraction of sp³-hybridized carbons (Fsp3) is 0.538. The Bertz CT molecular complexity index is 812. The van der Waals surface area contributed by atoms with Crippen molar-refractivity contribution in [2.24, 2.45) is 5.92 Å². The average Bonchev–Trinajstić information content (AvgIpc) is 3.11. The molecule has 2 rings (SSSR count). The highest BCUT2D eigenvalue weighted by Crippen LogP contribution is 2.26. The summed E-state index contributed by atoms with van der Waals surface area (Å²) in [5.74, 6) is -4.19. The van der Waals surface area contributed by atoms with Crippen molar-refractivity contribution in [1.29, 1.82) is 0 Å². The highest BCUT2D eigenvalue weighted by atomic mass is 19.4. The van der Waals surface area contributed by atoms with Crippen molar-refractivity contribution in [1.82, 2.24) is 35.3 Å². The number of H-pyrrole nitrogens is 1. The first kappa shape index (κ1) is 19.3. The zero-order chi connectivity index (χ0) is 19.6. The molecule has 0 fully saturated rings. The number of carboxylic acids is 1. The Morgan fingerprint density at radius 2 is 1.96 bits per heavy atom. The largest absolute Gasteiger partial charge is 0.480 e. The van der Waals surface area contributed by atoms with Crippen LogP contribution in [0.5, 0.6) is 0 Å². The first-order chi connectivity index (χ1) is 12.0. The van der Waals surface area contributed by atoms with E-state index in [1.54, 1.807) is 18.9 Å². The van der Waals surface area contributed by atoms with Gasteiger partial charge in [0.15, 0.2) is 0 Å². The van der Waals surface area contributed by atoms with E-state index in [-0.39, 0.29) is 18.2 Å². The van der Waals surface area contributed by atoms with Gasteiger partial charge < -0.3 is 10.4 Å². The molecule has 3 N–H and O–H groups in total. The summed E-state index contributed by atoms with van der Waals surface area (Å²) >= 11 is 0. The van der Waals surface area contributed by atoms with E-state index in [0.717, 1.165) is 4.68 Å². The summed E-state index contributed by atoms with van der Waals surface area (Å²) in [4.78, 5) is 30.4. The minimum atomic E-state index is -4.72. The highest BCUT2D eigenvalue weighted by molar-refractivity contribution is 5.93. The van der Waals surface area contributed by atoms with Crippen LogP contribution in [0.3, 0.4) is 0 Å². The smallest absolute Gasteiger partial charge is 0.451 e. The fourth-order valence-electron chi connectivity index (χ4n) is 2.07. The zero-order valence-electron chi connectivity index (χ0n) is 14.0. The number of rotatable bonds is 6. The van der Waals surface area contributed by atoms with Crippen LogP contribution < -0.4 is 5.32 Å². The number of alkyl halides is 3. The molecule has 0 bridgehead atoms. The summed E-state index contributed by atoms with van der Waals surface area (Å²) in [7, 11) is 0. The number of amides is 1. The molecule has 10 nitrogen and oxygen atoms in total. The van der Waals surface area contributed by atoms with Crippen LogP contribution in [-0.4, -0.2) is 53.0 Å². The number of aliphatic carboxylic acids is 1. The number of halogens is 3. The maximum absolute atomic E-state index is 12.6. The predicted molar refractivity (Wildman–Crippen MR) is 79.4 cm³/mol. The number of aromatic amines is 1. The second-order valence-corrected chi connectivity index (χ2v) is 5.87. The maximum atomic E-state index is 12.6. The second-order valence-electron chi connectivity index (χ2n) is 5.87. The Morgan fingerprint density at radius 1 is 1.31 bits per heavy atom. The number of nitrogens with zero attached hydrogens (tertiary/aromatic N) is 5. The molecule has 0 radical (unpaired) electrons. The van der Waals surface area contributed by atoms with Crippen LogP contribution in [0.25, 0.3) is 5.95 Å².